The molecule has 0 radical (unpaired) electrons. The Bertz CT molecular complexity index is 1040. The summed E-state index contributed by atoms with van der Waals surface area (Å²) in [5.74, 6) is -0.275. The van der Waals surface area contributed by atoms with Gasteiger partial charge in [0, 0.05) is 43.4 Å². The van der Waals surface area contributed by atoms with Crippen LogP contribution in [-0.2, 0) is 4.74 Å². The molecule has 1 aromatic heterocycles. The average molecular weight is 426 g/mol. The lowest BCUT2D eigenvalue weighted by Gasteiger charge is -2.29. The van der Waals surface area contributed by atoms with Gasteiger partial charge in [0.25, 0.3) is 11.6 Å². The third-order valence-corrected chi connectivity index (χ3v) is 6.29. The van der Waals surface area contributed by atoms with E-state index in [4.69, 9.17) is 4.74 Å². The van der Waals surface area contributed by atoms with Gasteiger partial charge in [-0.3, -0.25) is 24.7 Å². The summed E-state index contributed by atoms with van der Waals surface area (Å²) in [5, 5.41) is 11.9. The molecule has 3 aromatic rings. The first kappa shape index (κ1) is 20.4. The van der Waals surface area contributed by atoms with Crippen molar-refractivity contribution in [1.29, 1.82) is 0 Å². The normalized spacial score (nSPS) is 14.7. The SMILES string of the molecule is Cc1c(C(=O)N(CCN2CCOCC2)c2nc3ccccc3s2)cccc1[N+](=O)[O-]. The number of carbonyl (C=O) groups is 1. The van der Waals surface area contributed by atoms with E-state index in [1.165, 1.54) is 17.4 Å². The summed E-state index contributed by atoms with van der Waals surface area (Å²) in [4.78, 5) is 32.9. The largest absolute Gasteiger partial charge is 0.379 e. The Kier molecular flexibility index (Phi) is 6.03. The van der Waals surface area contributed by atoms with Crippen molar-refractivity contribution in [1.82, 2.24) is 9.88 Å². The third-order valence-electron chi connectivity index (χ3n) is 5.23. The van der Waals surface area contributed by atoms with Gasteiger partial charge in [-0.2, -0.15) is 0 Å². The molecule has 4 rings (SSSR count). The van der Waals surface area contributed by atoms with E-state index >= 15 is 0 Å². The topological polar surface area (TPSA) is 88.8 Å². The molecule has 0 aliphatic carbocycles. The predicted octanol–water partition coefficient (Wildman–Crippen LogP) is 3.49. The lowest BCUT2D eigenvalue weighted by molar-refractivity contribution is -0.385. The molecule has 2 heterocycles. The molecule has 30 heavy (non-hydrogen) atoms. The van der Waals surface area contributed by atoms with Crippen LogP contribution >= 0.6 is 11.3 Å². The van der Waals surface area contributed by atoms with E-state index in [9.17, 15) is 14.9 Å². The zero-order valence-corrected chi connectivity index (χ0v) is 17.4. The predicted molar refractivity (Wildman–Crippen MR) is 116 cm³/mol. The van der Waals surface area contributed by atoms with Gasteiger partial charge in [-0.1, -0.05) is 29.5 Å². The van der Waals surface area contributed by atoms with Crippen LogP contribution in [0.4, 0.5) is 10.8 Å². The van der Waals surface area contributed by atoms with Crippen molar-refractivity contribution in [2.75, 3.05) is 44.3 Å². The van der Waals surface area contributed by atoms with Crippen molar-refractivity contribution in [3.05, 3.63) is 63.7 Å². The fraction of sp³-hybridized carbons (Fsp3) is 0.333. The molecule has 0 saturated carbocycles. The third kappa shape index (κ3) is 4.18. The molecular formula is C21H22N4O4S. The van der Waals surface area contributed by atoms with Crippen molar-refractivity contribution in [2.24, 2.45) is 0 Å². The maximum Gasteiger partial charge on any atom is 0.273 e. The van der Waals surface area contributed by atoms with E-state index in [1.54, 1.807) is 24.0 Å². The molecule has 1 fully saturated rings. The fourth-order valence-electron chi connectivity index (χ4n) is 3.52. The number of carbonyl (C=O) groups excluding carboxylic acids is 1. The number of anilines is 1. The van der Waals surface area contributed by atoms with Gasteiger partial charge in [-0.05, 0) is 25.1 Å². The number of ether oxygens (including phenoxy) is 1. The number of hydrogen-bond donors (Lipinski definition) is 0. The average Bonchev–Trinajstić information content (AvgIpc) is 3.18. The smallest absolute Gasteiger partial charge is 0.273 e. The van der Waals surface area contributed by atoms with Gasteiger partial charge in [0.15, 0.2) is 5.13 Å². The minimum Gasteiger partial charge on any atom is -0.379 e. The van der Waals surface area contributed by atoms with E-state index in [1.807, 2.05) is 24.3 Å². The number of rotatable bonds is 6. The van der Waals surface area contributed by atoms with Gasteiger partial charge in [0.2, 0.25) is 0 Å². The maximum atomic E-state index is 13.5. The number of hydrogen-bond acceptors (Lipinski definition) is 7. The zero-order valence-electron chi connectivity index (χ0n) is 16.6. The van der Waals surface area contributed by atoms with Crippen LogP contribution in [0.15, 0.2) is 42.5 Å². The van der Waals surface area contributed by atoms with E-state index in [-0.39, 0.29) is 11.6 Å². The fourth-order valence-corrected chi connectivity index (χ4v) is 4.51. The molecule has 0 unspecified atom stereocenters. The number of nitro benzene ring substituents is 1. The van der Waals surface area contributed by atoms with Crippen molar-refractivity contribution in [2.45, 2.75) is 6.92 Å². The minimum absolute atomic E-state index is 0.0571. The Balaban J connectivity index is 1.68. The van der Waals surface area contributed by atoms with Crippen LogP contribution in [0.3, 0.4) is 0 Å². The van der Waals surface area contributed by atoms with Crippen LogP contribution in [0.25, 0.3) is 10.2 Å². The number of amides is 1. The number of nitro groups is 1. The highest BCUT2D eigenvalue weighted by Crippen LogP contribution is 2.31. The molecule has 156 valence electrons. The van der Waals surface area contributed by atoms with Crippen LogP contribution in [0.1, 0.15) is 15.9 Å². The van der Waals surface area contributed by atoms with Crippen molar-refractivity contribution < 1.29 is 14.5 Å². The highest BCUT2D eigenvalue weighted by molar-refractivity contribution is 7.22. The summed E-state index contributed by atoms with van der Waals surface area (Å²) < 4.78 is 6.40. The van der Waals surface area contributed by atoms with Gasteiger partial charge in [0.1, 0.15) is 0 Å². The molecule has 0 atom stereocenters. The van der Waals surface area contributed by atoms with Gasteiger partial charge in [0.05, 0.1) is 28.4 Å². The number of aromatic nitrogens is 1. The Hall–Kier alpha value is -2.88. The summed E-state index contributed by atoms with van der Waals surface area (Å²) in [6.07, 6.45) is 0. The molecular weight excluding hydrogens is 404 g/mol. The lowest BCUT2D eigenvalue weighted by atomic mass is 10.1. The molecule has 1 saturated heterocycles. The number of para-hydroxylation sites is 1. The molecule has 1 aliphatic rings. The molecule has 0 bridgehead atoms. The summed E-state index contributed by atoms with van der Waals surface area (Å²) in [7, 11) is 0. The number of nitrogens with zero attached hydrogens (tertiary/aromatic N) is 4. The first-order valence-electron chi connectivity index (χ1n) is 9.76. The minimum atomic E-state index is -0.456. The highest BCUT2D eigenvalue weighted by atomic mass is 32.1. The Morgan fingerprint density at radius 1 is 1.23 bits per heavy atom. The van der Waals surface area contributed by atoms with E-state index in [0.29, 0.717) is 42.6 Å². The summed E-state index contributed by atoms with van der Waals surface area (Å²) in [6, 6.07) is 12.3. The van der Waals surface area contributed by atoms with Crippen LogP contribution in [0, 0.1) is 17.0 Å². The first-order valence-corrected chi connectivity index (χ1v) is 10.6. The molecule has 1 aliphatic heterocycles. The second-order valence-electron chi connectivity index (χ2n) is 7.08. The van der Waals surface area contributed by atoms with Crippen LogP contribution in [-0.4, -0.2) is 60.1 Å². The summed E-state index contributed by atoms with van der Waals surface area (Å²) in [5.41, 5.74) is 1.46. The molecule has 1 amide bonds. The standard InChI is InChI=1S/C21H22N4O4S/c1-15-16(5-4-7-18(15)25(27)28)20(26)24(10-9-23-11-13-29-14-12-23)21-22-17-6-2-3-8-19(17)30-21/h2-8H,9-14H2,1H3. The monoisotopic (exact) mass is 426 g/mol. The molecule has 8 nitrogen and oxygen atoms in total. The number of thiazole rings is 1. The zero-order chi connectivity index (χ0) is 21.1. The molecule has 2 aromatic carbocycles. The van der Waals surface area contributed by atoms with E-state index in [0.717, 1.165) is 23.3 Å². The van der Waals surface area contributed by atoms with Crippen LogP contribution < -0.4 is 4.90 Å². The van der Waals surface area contributed by atoms with Gasteiger partial charge < -0.3 is 4.74 Å². The van der Waals surface area contributed by atoms with Crippen LogP contribution in [0.5, 0.6) is 0 Å². The van der Waals surface area contributed by atoms with Crippen molar-refractivity contribution in [3.8, 4) is 0 Å². The second-order valence-corrected chi connectivity index (χ2v) is 8.09. The summed E-state index contributed by atoms with van der Waals surface area (Å²) in [6.45, 7) is 5.73. The molecule has 0 spiro atoms. The van der Waals surface area contributed by atoms with Crippen molar-refractivity contribution >= 4 is 38.3 Å². The Labute approximate surface area is 177 Å². The van der Waals surface area contributed by atoms with Gasteiger partial charge >= 0.3 is 0 Å². The lowest BCUT2D eigenvalue weighted by Crippen LogP contribution is -2.43. The van der Waals surface area contributed by atoms with E-state index < -0.39 is 4.92 Å². The van der Waals surface area contributed by atoms with Crippen LogP contribution in [0.2, 0.25) is 0 Å². The first-order chi connectivity index (χ1) is 14.5. The van der Waals surface area contributed by atoms with Crippen molar-refractivity contribution in [3.63, 3.8) is 0 Å². The Morgan fingerprint density at radius 2 is 2.00 bits per heavy atom. The highest BCUT2D eigenvalue weighted by Gasteiger charge is 2.26. The van der Waals surface area contributed by atoms with E-state index in [2.05, 4.69) is 9.88 Å². The number of benzene rings is 2. The van der Waals surface area contributed by atoms with Gasteiger partial charge in [-0.15, -0.1) is 0 Å². The summed E-state index contributed by atoms with van der Waals surface area (Å²) >= 11 is 1.45. The number of morpholine rings is 1. The second kappa shape index (κ2) is 8.86. The molecule has 9 heteroatoms. The quantitative estimate of drug-likeness (QED) is 0.443. The number of fused-ring (bicyclic) bond motifs is 1. The van der Waals surface area contributed by atoms with Gasteiger partial charge in [-0.25, -0.2) is 4.98 Å². The maximum absolute atomic E-state index is 13.5. The Morgan fingerprint density at radius 3 is 2.73 bits per heavy atom. The molecule has 0 N–H and O–H groups in total.